The van der Waals surface area contributed by atoms with Crippen LogP contribution >= 0.6 is 0 Å². The Balaban J connectivity index is 1.44. The van der Waals surface area contributed by atoms with E-state index in [0.29, 0.717) is 17.5 Å². The van der Waals surface area contributed by atoms with Gasteiger partial charge in [-0.25, -0.2) is 0 Å². The lowest BCUT2D eigenvalue weighted by atomic mass is 9.77. The number of aromatic nitrogens is 1. The number of aromatic amines is 1. The minimum absolute atomic E-state index is 0.0311. The molecule has 194 valence electrons. The van der Waals surface area contributed by atoms with Crippen molar-refractivity contribution in [3.05, 3.63) is 93.8 Å². The first-order chi connectivity index (χ1) is 18.9. The van der Waals surface area contributed by atoms with Gasteiger partial charge in [0.05, 0.1) is 7.11 Å². The molecule has 1 aliphatic rings. The van der Waals surface area contributed by atoms with Gasteiger partial charge in [-0.3, -0.25) is 4.79 Å². The molecule has 0 fully saturated rings. The Morgan fingerprint density at radius 2 is 1.79 bits per heavy atom. The first-order valence-electron chi connectivity index (χ1n) is 12.8. The molecule has 39 heavy (non-hydrogen) atoms. The molecule has 0 saturated heterocycles. The van der Waals surface area contributed by atoms with Crippen molar-refractivity contribution in [2.75, 3.05) is 7.11 Å². The van der Waals surface area contributed by atoms with E-state index in [1.807, 2.05) is 6.20 Å². The Morgan fingerprint density at radius 3 is 2.59 bits per heavy atom. The van der Waals surface area contributed by atoms with E-state index in [1.165, 1.54) is 52.6 Å². The van der Waals surface area contributed by atoms with Gasteiger partial charge in [0.25, 0.3) is 0 Å². The van der Waals surface area contributed by atoms with Crippen molar-refractivity contribution in [3.8, 4) is 34.3 Å². The summed E-state index contributed by atoms with van der Waals surface area (Å²) in [4.78, 5) is 16.6. The highest BCUT2D eigenvalue weighted by Crippen LogP contribution is 2.48. The summed E-state index contributed by atoms with van der Waals surface area (Å²) in [5.74, 6) is -0.456. The number of H-pyrrole nitrogens is 1. The average Bonchev–Trinajstić information content (AvgIpc) is 3.41. The van der Waals surface area contributed by atoms with Crippen LogP contribution in [-0.2, 0) is 12.8 Å². The van der Waals surface area contributed by atoms with E-state index < -0.39 is 11.2 Å². The average molecular weight is 520 g/mol. The lowest BCUT2D eigenvalue weighted by Crippen LogP contribution is -2.13. The van der Waals surface area contributed by atoms with Crippen LogP contribution in [0.25, 0.3) is 44.0 Å². The third kappa shape index (κ3) is 3.46. The molecule has 6 aromatic rings. The normalized spacial score (nSPS) is 14.8. The number of benzene rings is 4. The van der Waals surface area contributed by atoms with E-state index in [9.17, 15) is 20.1 Å². The highest BCUT2D eigenvalue weighted by atomic mass is 16.5. The smallest absolute Gasteiger partial charge is 0.204 e. The van der Waals surface area contributed by atoms with Crippen molar-refractivity contribution in [3.63, 3.8) is 0 Å². The zero-order valence-electron chi connectivity index (χ0n) is 21.1. The summed E-state index contributed by atoms with van der Waals surface area (Å²) in [6, 6.07) is 18.2. The Morgan fingerprint density at radius 1 is 0.974 bits per heavy atom. The summed E-state index contributed by atoms with van der Waals surface area (Å²) in [5, 5.41) is 35.4. The molecule has 0 spiro atoms. The Kier molecular flexibility index (Phi) is 5.10. The number of hydrogen-bond donors (Lipinski definition) is 4. The van der Waals surface area contributed by atoms with Gasteiger partial charge in [-0.05, 0) is 83.5 Å². The molecule has 0 saturated carbocycles. The van der Waals surface area contributed by atoms with Crippen LogP contribution in [0.1, 0.15) is 29.0 Å². The predicted octanol–water partition coefficient (Wildman–Crippen LogP) is 6.49. The second-order valence-electron chi connectivity index (χ2n) is 10.1. The van der Waals surface area contributed by atoms with Gasteiger partial charge in [-0.2, -0.15) is 0 Å². The van der Waals surface area contributed by atoms with Crippen LogP contribution in [0.2, 0.25) is 0 Å². The second-order valence-corrected chi connectivity index (χ2v) is 10.1. The Hall–Kier alpha value is -4.91. The second kappa shape index (κ2) is 8.56. The van der Waals surface area contributed by atoms with Gasteiger partial charge in [0, 0.05) is 34.3 Å². The molecule has 0 bridgehead atoms. The van der Waals surface area contributed by atoms with Gasteiger partial charge < -0.3 is 29.5 Å². The summed E-state index contributed by atoms with van der Waals surface area (Å²) < 4.78 is 11.6. The van der Waals surface area contributed by atoms with Gasteiger partial charge in [-0.15, -0.1) is 0 Å². The molecule has 0 unspecified atom stereocenters. The highest BCUT2D eigenvalue weighted by Gasteiger charge is 2.29. The van der Waals surface area contributed by atoms with Crippen LogP contribution in [0, 0.1) is 0 Å². The van der Waals surface area contributed by atoms with Gasteiger partial charge in [0.15, 0.2) is 16.9 Å². The van der Waals surface area contributed by atoms with Crippen molar-refractivity contribution in [2.24, 2.45) is 0 Å². The summed E-state index contributed by atoms with van der Waals surface area (Å²) in [6.07, 6.45) is 4.04. The zero-order valence-corrected chi connectivity index (χ0v) is 21.1. The van der Waals surface area contributed by atoms with Crippen LogP contribution in [-0.4, -0.2) is 27.4 Å². The van der Waals surface area contributed by atoms with E-state index >= 15 is 0 Å². The monoisotopic (exact) mass is 519 g/mol. The van der Waals surface area contributed by atoms with Crippen LogP contribution in [0.4, 0.5) is 0 Å². The number of aryl methyl sites for hydroxylation is 1. The van der Waals surface area contributed by atoms with E-state index in [2.05, 4.69) is 35.3 Å². The quantitative estimate of drug-likeness (QED) is 0.212. The number of aromatic hydroxyl groups is 3. The molecule has 4 N–H and O–H groups in total. The number of nitrogens with one attached hydrogen (secondary N) is 1. The summed E-state index contributed by atoms with van der Waals surface area (Å²) in [5.41, 5.74) is 4.23. The van der Waals surface area contributed by atoms with Crippen molar-refractivity contribution in [1.29, 1.82) is 0 Å². The Labute approximate surface area is 222 Å². The third-order valence-corrected chi connectivity index (χ3v) is 7.99. The molecule has 1 atom stereocenters. The van der Waals surface area contributed by atoms with Crippen LogP contribution in [0.3, 0.4) is 0 Å². The van der Waals surface area contributed by atoms with Crippen molar-refractivity contribution >= 4 is 32.6 Å². The number of phenols is 3. The molecule has 0 radical (unpaired) electrons. The van der Waals surface area contributed by atoms with Gasteiger partial charge >= 0.3 is 0 Å². The van der Waals surface area contributed by atoms with Crippen molar-refractivity contribution in [2.45, 2.75) is 25.2 Å². The number of rotatable bonds is 4. The fraction of sp³-hybridized carbons (Fsp3) is 0.156. The highest BCUT2D eigenvalue weighted by molar-refractivity contribution is 6.09. The maximum atomic E-state index is 13.3. The first-order valence-corrected chi connectivity index (χ1v) is 12.8. The molecule has 2 heterocycles. The molecule has 1 aliphatic carbocycles. The molecular formula is C32H25NO6. The van der Waals surface area contributed by atoms with Gasteiger partial charge in [-0.1, -0.05) is 18.2 Å². The largest absolute Gasteiger partial charge is 0.508 e. The molecule has 7 rings (SSSR count). The molecule has 2 aromatic heterocycles. The zero-order chi connectivity index (χ0) is 26.8. The molecule has 7 nitrogen and oxygen atoms in total. The lowest BCUT2D eigenvalue weighted by Gasteiger charge is -2.27. The van der Waals surface area contributed by atoms with Crippen LogP contribution in [0.15, 0.2) is 76.1 Å². The molecular weight excluding hydrogens is 494 g/mol. The number of phenolic OH excluding ortho intramolecular Hbond substituents is 3. The molecule has 7 heteroatoms. The van der Waals surface area contributed by atoms with E-state index in [1.54, 1.807) is 12.1 Å². The third-order valence-electron chi connectivity index (χ3n) is 7.99. The number of methoxy groups -OCH3 is 1. The summed E-state index contributed by atoms with van der Waals surface area (Å²) in [6.45, 7) is 0. The first kappa shape index (κ1) is 23.2. The van der Waals surface area contributed by atoms with Crippen LogP contribution in [0.5, 0.6) is 23.0 Å². The van der Waals surface area contributed by atoms with E-state index in [4.69, 9.17) is 9.15 Å². The fourth-order valence-electron chi connectivity index (χ4n) is 6.17. The SMILES string of the molecule is COc1c(O)c(C[C@@H]2CCc3cc4[nH]ccc4c4cccc2c34)c2oc(-c3ccc(O)cc3)cc(=O)c2c1O. The summed E-state index contributed by atoms with van der Waals surface area (Å²) >= 11 is 0. The molecule has 4 aromatic carbocycles. The maximum absolute atomic E-state index is 13.3. The lowest BCUT2D eigenvalue weighted by molar-refractivity contribution is 0.343. The standard InChI is InChI=1S/C32H25NO6/c1-38-32-29(36)23(31-28(30(32)37)25(35)15-26(39-31)16-7-9-19(34)10-8-16)13-17-5-6-18-14-24-21(11-12-33-24)22-4-2-3-20(17)27(18)22/h2-4,7-12,14-15,17,33-34,36-37H,5-6,13H2,1H3/t17-/m0/s1. The number of ether oxygens (including phenoxy) is 1. The van der Waals surface area contributed by atoms with Crippen molar-refractivity contribution in [1.82, 2.24) is 4.98 Å². The van der Waals surface area contributed by atoms with Crippen LogP contribution < -0.4 is 10.2 Å². The fourth-order valence-corrected chi connectivity index (χ4v) is 6.17. The number of hydrogen-bond acceptors (Lipinski definition) is 6. The molecule has 0 amide bonds. The Bertz CT molecular complexity index is 1980. The molecule has 0 aliphatic heterocycles. The minimum Gasteiger partial charge on any atom is -0.508 e. The maximum Gasteiger partial charge on any atom is 0.204 e. The predicted molar refractivity (Wildman–Crippen MR) is 150 cm³/mol. The van der Waals surface area contributed by atoms with Gasteiger partial charge in [0.1, 0.15) is 22.5 Å². The number of fused-ring (bicyclic) bond motifs is 3. The van der Waals surface area contributed by atoms with Gasteiger partial charge in [0.2, 0.25) is 5.75 Å². The van der Waals surface area contributed by atoms with E-state index in [0.717, 1.165) is 18.4 Å². The summed E-state index contributed by atoms with van der Waals surface area (Å²) in [7, 11) is 1.34. The van der Waals surface area contributed by atoms with Crippen molar-refractivity contribution < 1.29 is 24.5 Å². The topological polar surface area (TPSA) is 116 Å². The minimum atomic E-state index is -0.456. The van der Waals surface area contributed by atoms with E-state index in [-0.39, 0.29) is 39.9 Å².